The molecular formula is C26H37NO3. The van der Waals surface area contributed by atoms with E-state index >= 15 is 0 Å². The summed E-state index contributed by atoms with van der Waals surface area (Å²) in [5.74, 6) is 1.51. The fourth-order valence-electron chi connectivity index (χ4n) is 6.25. The Bertz CT molecular complexity index is 816. The highest BCUT2D eigenvalue weighted by molar-refractivity contribution is 5.85. The molecule has 4 nitrogen and oxygen atoms in total. The Morgan fingerprint density at radius 1 is 1.17 bits per heavy atom. The number of likely N-dealkylation sites (tertiary alicyclic amines) is 1. The number of carbonyl (C=O) groups is 2. The minimum atomic E-state index is -0.297. The van der Waals surface area contributed by atoms with E-state index in [1.54, 1.807) is 0 Å². The van der Waals surface area contributed by atoms with Gasteiger partial charge in [-0.05, 0) is 74.4 Å². The summed E-state index contributed by atoms with van der Waals surface area (Å²) in [6.45, 7) is 7.18. The van der Waals surface area contributed by atoms with Gasteiger partial charge in [-0.2, -0.15) is 0 Å². The number of hydrogen-bond donors (Lipinski definition) is 0. The van der Waals surface area contributed by atoms with E-state index in [0.29, 0.717) is 17.7 Å². The molecule has 1 saturated carbocycles. The number of likely N-dealkylation sites (N-methyl/N-ethyl adjacent to an activating group) is 1. The summed E-state index contributed by atoms with van der Waals surface area (Å²) < 4.78 is 5.70. The van der Waals surface area contributed by atoms with Crippen molar-refractivity contribution in [3.63, 3.8) is 0 Å². The molecule has 1 aliphatic heterocycles. The summed E-state index contributed by atoms with van der Waals surface area (Å²) in [6, 6.07) is 6.94. The van der Waals surface area contributed by atoms with Gasteiger partial charge >= 0.3 is 5.97 Å². The number of ether oxygens (including phenoxy) is 1. The monoisotopic (exact) mass is 411 g/mol. The molecule has 1 saturated heterocycles. The highest BCUT2D eigenvalue weighted by Crippen LogP contribution is 2.55. The summed E-state index contributed by atoms with van der Waals surface area (Å²) >= 11 is 0. The molecule has 1 aromatic carbocycles. The smallest absolute Gasteiger partial charge is 0.311 e. The third-order valence-electron chi connectivity index (χ3n) is 8.40. The van der Waals surface area contributed by atoms with E-state index in [9.17, 15) is 9.59 Å². The van der Waals surface area contributed by atoms with Crippen molar-refractivity contribution in [1.82, 2.24) is 4.90 Å². The van der Waals surface area contributed by atoms with Crippen molar-refractivity contribution in [1.29, 1.82) is 0 Å². The zero-order chi connectivity index (χ0) is 21.5. The minimum Gasteiger partial charge on any atom is -0.427 e. The van der Waals surface area contributed by atoms with Gasteiger partial charge in [0.05, 0.1) is 6.42 Å². The van der Waals surface area contributed by atoms with Crippen LogP contribution in [0.2, 0.25) is 0 Å². The van der Waals surface area contributed by atoms with Crippen LogP contribution in [0.1, 0.15) is 76.8 Å². The number of fused-ring (bicyclic) bond motifs is 1. The normalized spacial score (nSPS) is 29.1. The second kappa shape index (κ2) is 8.45. The molecule has 2 bridgehead atoms. The molecule has 3 aliphatic rings. The zero-order valence-corrected chi connectivity index (χ0v) is 19.1. The molecule has 30 heavy (non-hydrogen) atoms. The number of rotatable bonds is 6. The third-order valence-corrected chi connectivity index (χ3v) is 8.40. The average Bonchev–Trinajstić information content (AvgIpc) is 2.74. The fraction of sp³-hybridized carbons (Fsp3) is 0.692. The molecule has 0 aromatic heterocycles. The lowest BCUT2D eigenvalue weighted by Gasteiger charge is -2.58. The Kier molecular flexibility index (Phi) is 6.07. The first-order valence-electron chi connectivity index (χ1n) is 11.9. The summed E-state index contributed by atoms with van der Waals surface area (Å²) in [5, 5.41) is 0. The third kappa shape index (κ3) is 3.84. The maximum atomic E-state index is 12.4. The van der Waals surface area contributed by atoms with Crippen LogP contribution >= 0.6 is 0 Å². The van der Waals surface area contributed by atoms with E-state index in [0.717, 1.165) is 18.9 Å². The van der Waals surface area contributed by atoms with Crippen LogP contribution in [0.5, 0.6) is 5.75 Å². The second-order valence-electron chi connectivity index (χ2n) is 10.3. The van der Waals surface area contributed by atoms with E-state index in [1.807, 2.05) is 26.8 Å². The molecule has 0 amide bonds. The van der Waals surface area contributed by atoms with Gasteiger partial charge in [-0.15, -0.1) is 0 Å². The Balaban J connectivity index is 1.49. The second-order valence-corrected chi connectivity index (χ2v) is 10.3. The molecule has 0 spiro atoms. The van der Waals surface area contributed by atoms with Gasteiger partial charge in [0.2, 0.25) is 0 Å². The number of carbonyl (C=O) groups excluding carboxylic acids is 2. The van der Waals surface area contributed by atoms with Crippen LogP contribution in [0.25, 0.3) is 0 Å². The largest absolute Gasteiger partial charge is 0.427 e. The van der Waals surface area contributed by atoms with Crippen molar-refractivity contribution >= 4 is 11.8 Å². The van der Waals surface area contributed by atoms with Crippen LogP contribution in [0.15, 0.2) is 18.2 Å². The molecule has 1 heterocycles. The Morgan fingerprint density at radius 3 is 2.73 bits per heavy atom. The van der Waals surface area contributed by atoms with Crippen LogP contribution in [-0.4, -0.2) is 36.3 Å². The van der Waals surface area contributed by atoms with E-state index < -0.39 is 0 Å². The Hall–Kier alpha value is -1.68. The molecule has 164 valence electrons. The lowest BCUT2D eigenvalue weighted by atomic mass is 9.52. The molecule has 1 aromatic rings. The van der Waals surface area contributed by atoms with E-state index in [-0.39, 0.29) is 35.9 Å². The quantitative estimate of drug-likeness (QED) is 0.492. The number of ketones is 1. The predicted octanol–water partition coefficient (Wildman–Crippen LogP) is 4.92. The molecule has 1 unspecified atom stereocenters. The molecule has 2 aliphatic carbocycles. The fourth-order valence-corrected chi connectivity index (χ4v) is 6.25. The van der Waals surface area contributed by atoms with E-state index in [4.69, 9.17) is 4.74 Å². The van der Waals surface area contributed by atoms with E-state index in [1.165, 1.54) is 43.2 Å². The van der Waals surface area contributed by atoms with Crippen LogP contribution in [0.3, 0.4) is 0 Å². The number of esters is 1. The molecular weight excluding hydrogens is 374 g/mol. The Labute approximate surface area is 181 Å². The van der Waals surface area contributed by atoms with Gasteiger partial charge in [0, 0.05) is 23.8 Å². The summed E-state index contributed by atoms with van der Waals surface area (Å²) in [5.41, 5.74) is 3.13. The maximum absolute atomic E-state index is 12.4. The highest BCUT2D eigenvalue weighted by atomic mass is 16.5. The first kappa shape index (κ1) is 21.5. The first-order chi connectivity index (χ1) is 14.3. The van der Waals surface area contributed by atoms with Gasteiger partial charge in [0.25, 0.3) is 0 Å². The van der Waals surface area contributed by atoms with Gasteiger partial charge in [-0.3, -0.25) is 9.59 Å². The van der Waals surface area contributed by atoms with Gasteiger partial charge in [0.1, 0.15) is 11.5 Å². The Morgan fingerprint density at radius 2 is 1.97 bits per heavy atom. The van der Waals surface area contributed by atoms with Gasteiger partial charge in [0.15, 0.2) is 0 Å². The predicted molar refractivity (Wildman–Crippen MR) is 119 cm³/mol. The average molecular weight is 412 g/mol. The minimum absolute atomic E-state index is 0.0127. The van der Waals surface area contributed by atoms with Crippen LogP contribution in [0.4, 0.5) is 0 Å². The number of piperidine rings is 1. The molecule has 0 radical (unpaired) electrons. The number of nitrogens with zero attached hydrogens (tertiary/aromatic N) is 1. The first-order valence-corrected chi connectivity index (χ1v) is 11.9. The van der Waals surface area contributed by atoms with Crippen molar-refractivity contribution in [2.45, 2.75) is 83.6 Å². The topological polar surface area (TPSA) is 46.6 Å². The molecule has 4 rings (SSSR count). The molecule has 2 fully saturated rings. The number of hydrogen-bond acceptors (Lipinski definition) is 4. The van der Waals surface area contributed by atoms with Crippen molar-refractivity contribution in [2.24, 2.45) is 17.8 Å². The number of benzene rings is 1. The van der Waals surface area contributed by atoms with Crippen LogP contribution in [0, 0.1) is 17.8 Å². The zero-order valence-electron chi connectivity index (χ0n) is 19.1. The van der Waals surface area contributed by atoms with Crippen LogP contribution < -0.4 is 4.74 Å². The van der Waals surface area contributed by atoms with Crippen molar-refractivity contribution < 1.29 is 14.3 Å². The van der Waals surface area contributed by atoms with Crippen molar-refractivity contribution in [3.8, 4) is 5.75 Å². The maximum Gasteiger partial charge on any atom is 0.311 e. The molecule has 4 heteroatoms. The lowest BCUT2D eigenvalue weighted by Crippen LogP contribution is -2.59. The summed E-state index contributed by atoms with van der Waals surface area (Å²) in [4.78, 5) is 27.2. The van der Waals surface area contributed by atoms with E-state index in [2.05, 4.69) is 24.1 Å². The SMILES string of the molecule is CC(C)C(C)C(=O)CCC(=O)Oc1ccc2c(c1)[C@@]13CCCC[C@H]1[C@@H](C2)N(C)CC3. The van der Waals surface area contributed by atoms with Gasteiger partial charge in [-0.25, -0.2) is 0 Å². The number of Topliss-reactive ketones (excluding diaryl/α,β-unsaturated/α-hetero) is 1. The summed E-state index contributed by atoms with van der Waals surface area (Å²) in [6.07, 6.45) is 7.94. The highest BCUT2D eigenvalue weighted by Gasteiger charge is 2.53. The lowest BCUT2D eigenvalue weighted by molar-refractivity contribution is -0.136. The van der Waals surface area contributed by atoms with Crippen molar-refractivity contribution in [2.75, 3.05) is 13.6 Å². The standard InChI is InChI=1S/C26H37NO3/c1-17(2)18(3)24(28)10-11-25(29)30-20-9-8-19-15-23-21-7-5-6-12-26(21,22(19)16-20)13-14-27(23)4/h8-9,16-18,21,23H,5-7,10-15H2,1-4H3/t18?,21-,23+,26+/m0/s1. The summed E-state index contributed by atoms with van der Waals surface area (Å²) in [7, 11) is 2.28. The van der Waals surface area contributed by atoms with Crippen LogP contribution in [-0.2, 0) is 21.4 Å². The van der Waals surface area contributed by atoms with Crippen molar-refractivity contribution in [3.05, 3.63) is 29.3 Å². The van der Waals surface area contributed by atoms with Gasteiger partial charge in [-0.1, -0.05) is 39.7 Å². The molecule has 0 N–H and O–H groups in total. The molecule has 4 atom stereocenters. The van der Waals surface area contributed by atoms with Gasteiger partial charge < -0.3 is 9.64 Å².